The Morgan fingerprint density at radius 2 is 1.96 bits per heavy atom. The lowest BCUT2D eigenvalue weighted by Crippen LogP contribution is -2.42. The van der Waals surface area contributed by atoms with Crippen molar-refractivity contribution in [3.63, 3.8) is 0 Å². The number of nitrogens with one attached hydrogen (secondary N) is 3. The molecule has 3 rings (SSSR count). The van der Waals surface area contributed by atoms with E-state index in [9.17, 15) is 9.59 Å². The Kier molecular flexibility index (Phi) is 5.09. The van der Waals surface area contributed by atoms with Crippen LogP contribution in [0.25, 0.3) is 0 Å². The summed E-state index contributed by atoms with van der Waals surface area (Å²) >= 11 is 2.71. The second-order valence-corrected chi connectivity index (χ2v) is 7.15. The fourth-order valence-corrected chi connectivity index (χ4v) is 3.31. The maximum atomic E-state index is 11.8. The van der Waals surface area contributed by atoms with Gasteiger partial charge >= 0.3 is 0 Å². The summed E-state index contributed by atoms with van der Waals surface area (Å²) in [4.78, 5) is 23.5. The number of hydrogen-bond acceptors (Lipinski definition) is 7. The molecule has 3 N–H and O–H groups in total. The van der Waals surface area contributed by atoms with Gasteiger partial charge in [0.05, 0.1) is 5.75 Å². The zero-order chi connectivity index (χ0) is 16.1. The summed E-state index contributed by atoms with van der Waals surface area (Å²) in [5.41, 5.74) is 5.25. The van der Waals surface area contributed by atoms with Gasteiger partial charge in [-0.3, -0.25) is 20.4 Å². The van der Waals surface area contributed by atoms with E-state index in [2.05, 4.69) is 26.4 Å². The van der Waals surface area contributed by atoms with E-state index in [4.69, 9.17) is 0 Å². The van der Waals surface area contributed by atoms with Crippen LogP contribution in [0.2, 0.25) is 0 Å². The number of carbonyl (C=O) groups excluding carboxylic acids is 2. The smallest absolute Gasteiger partial charge is 0.269 e. The molecule has 23 heavy (non-hydrogen) atoms. The van der Waals surface area contributed by atoms with Crippen molar-refractivity contribution in [3.8, 4) is 0 Å². The molecule has 1 fully saturated rings. The molecule has 1 aliphatic carbocycles. The first-order valence-corrected chi connectivity index (χ1v) is 8.88. The Labute approximate surface area is 141 Å². The number of thioether (sulfide) groups is 1. The van der Waals surface area contributed by atoms with Crippen LogP contribution >= 0.6 is 23.1 Å². The summed E-state index contributed by atoms with van der Waals surface area (Å²) in [6.07, 6.45) is 2.34. The number of aromatic nitrogens is 2. The second-order valence-electron chi connectivity index (χ2n) is 4.95. The largest absolute Gasteiger partial charge is 0.357 e. The Bertz CT molecular complexity index is 687. The minimum atomic E-state index is -0.351. The Balaban J connectivity index is 1.39. The van der Waals surface area contributed by atoms with Crippen molar-refractivity contribution in [2.75, 3.05) is 11.1 Å². The van der Waals surface area contributed by atoms with E-state index >= 15 is 0 Å². The van der Waals surface area contributed by atoms with Gasteiger partial charge < -0.3 is 5.32 Å². The lowest BCUT2D eigenvalue weighted by Gasteiger charge is -2.06. The number of hydrogen-bond donors (Lipinski definition) is 3. The first kappa shape index (κ1) is 15.8. The molecule has 0 spiro atoms. The normalized spacial score (nSPS) is 13.4. The van der Waals surface area contributed by atoms with Crippen LogP contribution in [-0.4, -0.2) is 33.8 Å². The summed E-state index contributed by atoms with van der Waals surface area (Å²) in [6.45, 7) is 0. The molecule has 0 unspecified atom stereocenters. The SMILES string of the molecule is O=C(CSc1nnc(NC2CC2)s1)NNC(=O)c1ccccc1. The Morgan fingerprint density at radius 3 is 2.70 bits per heavy atom. The molecule has 0 aliphatic heterocycles. The van der Waals surface area contributed by atoms with Gasteiger partial charge in [-0.2, -0.15) is 0 Å². The van der Waals surface area contributed by atoms with Crippen LogP contribution in [0.4, 0.5) is 5.13 Å². The molecule has 0 atom stereocenters. The first-order valence-electron chi connectivity index (χ1n) is 7.08. The first-order chi connectivity index (χ1) is 11.2. The van der Waals surface area contributed by atoms with Crippen molar-refractivity contribution in [1.29, 1.82) is 0 Å². The third-order valence-electron chi connectivity index (χ3n) is 2.99. The number of hydrazine groups is 1. The van der Waals surface area contributed by atoms with Gasteiger partial charge in [-0.1, -0.05) is 41.3 Å². The molecule has 1 heterocycles. The molecule has 1 aromatic carbocycles. The maximum Gasteiger partial charge on any atom is 0.269 e. The molecule has 2 amide bonds. The fraction of sp³-hybridized carbons (Fsp3) is 0.286. The van der Waals surface area contributed by atoms with Crippen LogP contribution in [0.5, 0.6) is 0 Å². The lowest BCUT2D eigenvalue weighted by molar-refractivity contribution is -0.119. The van der Waals surface area contributed by atoms with E-state index in [1.165, 1.54) is 35.9 Å². The van der Waals surface area contributed by atoms with E-state index in [1.54, 1.807) is 24.3 Å². The molecule has 2 aromatic rings. The number of rotatable bonds is 6. The minimum Gasteiger partial charge on any atom is -0.357 e. The highest BCUT2D eigenvalue weighted by molar-refractivity contribution is 8.01. The summed E-state index contributed by atoms with van der Waals surface area (Å²) in [5, 5.41) is 12.1. The van der Waals surface area contributed by atoms with Gasteiger partial charge in [0.15, 0.2) is 4.34 Å². The average molecular weight is 349 g/mol. The highest BCUT2D eigenvalue weighted by Gasteiger charge is 2.22. The van der Waals surface area contributed by atoms with E-state index in [-0.39, 0.29) is 17.6 Å². The predicted molar refractivity (Wildman–Crippen MR) is 89.3 cm³/mol. The standard InChI is InChI=1S/C14H15N5O2S2/c20-11(16-17-12(21)9-4-2-1-3-5-9)8-22-14-19-18-13(23-14)15-10-6-7-10/h1-5,10H,6-8H2,(H,15,18)(H,16,20)(H,17,21). The molecule has 0 saturated heterocycles. The number of carbonyl (C=O) groups is 2. The molecule has 7 nitrogen and oxygen atoms in total. The number of amides is 2. The van der Waals surface area contributed by atoms with Crippen molar-refractivity contribution < 1.29 is 9.59 Å². The minimum absolute atomic E-state index is 0.160. The fourth-order valence-electron chi connectivity index (χ4n) is 1.68. The highest BCUT2D eigenvalue weighted by atomic mass is 32.2. The molecule has 0 radical (unpaired) electrons. The van der Waals surface area contributed by atoms with E-state index in [0.29, 0.717) is 11.6 Å². The van der Waals surface area contributed by atoms with Gasteiger partial charge in [-0.15, -0.1) is 10.2 Å². The van der Waals surface area contributed by atoms with Crippen LogP contribution in [0.1, 0.15) is 23.2 Å². The van der Waals surface area contributed by atoms with Crippen LogP contribution in [0.15, 0.2) is 34.7 Å². The monoisotopic (exact) mass is 349 g/mol. The van der Waals surface area contributed by atoms with Crippen LogP contribution in [-0.2, 0) is 4.79 Å². The number of nitrogens with zero attached hydrogens (tertiary/aromatic N) is 2. The van der Waals surface area contributed by atoms with Crippen molar-refractivity contribution in [3.05, 3.63) is 35.9 Å². The number of benzene rings is 1. The van der Waals surface area contributed by atoms with Crippen LogP contribution < -0.4 is 16.2 Å². The molecular formula is C14H15N5O2S2. The molecule has 120 valence electrons. The third kappa shape index (κ3) is 4.93. The van der Waals surface area contributed by atoms with Gasteiger partial charge in [-0.05, 0) is 25.0 Å². The third-order valence-corrected chi connectivity index (χ3v) is 4.98. The second kappa shape index (κ2) is 7.42. The quantitative estimate of drug-likeness (QED) is 0.542. The molecular weight excluding hydrogens is 334 g/mol. The van der Waals surface area contributed by atoms with E-state index in [0.717, 1.165) is 9.47 Å². The predicted octanol–water partition coefficient (Wildman–Crippen LogP) is 1.67. The van der Waals surface area contributed by atoms with Crippen molar-refractivity contribution in [2.45, 2.75) is 23.2 Å². The Hall–Kier alpha value is -2.13. The number of anilines is 1. The maximum absolute atomic E-state index is 11.8. The van der Waals surface area contributed by atoms with Gasteiger partial charge in [0, 0.05) is 11.6 Å². The molecule has 0 bridgehead atoms. The van der Waals surface area contributed by atoms with Crippen LogP contribution in [0.3, 0.4) is 0 Å². The average Bonchev–Trinajstić information content (AvgIpc) is 3.28. The van der Waals surface area contributed by atoms with Crippen molar-refractivity contribution in [1.82, 2.24) is 21.0 Å². The molecule has 1 aromatic heterocycles. The zero-order valence-electron chi connectivity index (χ0n) is 12.1. The zero-order valence-corrected chi connectivity index (χ0v) is 13.7. The van der Waals surface area contributed by atoms with Crippen molar-refractivity contribution in [2.24, 2.45) is 0 Å². The van der Waals surface area contributed by atoms with E-state index in [1.807, 2.05) is 6.07 Å². The van der Waals surface area contributed by atoms with Gasteiger partial charge in [0.1, 0.15) is 0 Å². The topological polar surface area (TPSA) is 96.0 Å². The van der Waals surface area contributed by atoms with Crippen molar-refractivity contribution >= 4 is 40.0 Å². The van der Waals surface area contributed by atoms with Gasteiger partial charge in [-0.25, -0.2) is 0 Å². The summed E-state index contributed by atoms with van der Waals surface area (Å²) in [5.74, 6) is -0.491. The highest BCUT2D eigenvalue weighted by Crippen LogP contribution is 2.29. The lowest BCUT2D eigenvalue weighted by atomic mass is 10.2. The summed E-state index contributed by atoms with van der Waals surface area (Å²) in [6, 6.07) is 9.21. The summed E-state index contributed by atoms with van der Waals surface area (Å²) in [7, 11) is 0. The molecule has 1 saturated carbocycles. The van der Waals surface area contributed by atoms with Crippen LogP contribution in [0, 0.1) is 0 Å². The van der Waals surface area contributed by atoms with Gasteiger partial charge in [0.25, 0.3) is 5.91 Å². The molecule has 1 aliphatic rings. The van der Waals surface area contributed by atoms with Gasteiger partial charge in [0.2, 0.25) is 11.0 Å². The summed E-state index contributed by atoms with van der Waals surface area (Å²) < 4.78 is 0.720. The molecule has 9 heteroatoms. The Morgan fingerprint density at radius 1 is 1.17 bits per heavy atom. The van der Waals surface area contributed by atoms with E-state index < -0.39 is 0 Å².